The van der Waals surface area contributed by atoms with E-state index < -0.39 is 5.97 Å². The van der Waals surface area contributed by atoms with Crippen molar-refractivity contribution in [2.24, 2.45) is 7.05 Å². The van der Waals surface area contributed by atoms with Crippen molar-refractivity contribution in [1.29, 1.82) is 0 Å². The van der Waals surface area contributed by atoms with Gasteiger partial charge < -0.3 is 10.4 Å². The molecular formula is C12H16N6O2. The summed E-state index contributed by atoms with van der Waals surface area (Å²) >= 11 is 0. The number of hydrogen-bond acceptors (Lipinski definition) is 6. The predicted molar refractivity (Wildman–Crippen MR) is 71.4 cm³/mol. The Morgan fingerprint density at radius 2 is 2.20 bits per heavy atom. The first-order valence-corrected chi connectivity index (χ1v) is 6.16. The third kappa shape index (κ3) is 3.08. The van der Waals surface area contributed by atoms with Crippen molar-refractivity contribution in [1.82, 2.24) is 24.7 Å². The maximum atomic E-state index is 11.2. The normalized spacial score (nSPS) is 10.8. The Kier molecular flexibility index (Phi) is 3.92. The Balaban J connectivity index is 2.20. The van der Waals surface area contributed by atoms with E-state index in [1.54, 1.807) is 18.1 Å². The zero-order valence-electron chi connectivity index (χ0n) is 11.5. The molecule has 0 fully saturated rings. The number of nitrogens with one attached hydrogen (secondary N) is 1. The van der Waals surface area contributed by atoms with Gasteiger partial charge in [0.2, 0.25) is 0 Å². The van der Waals surface area contributed by atoms with Gasteiger partial charge in [0.05, 0.1) is 18.4 Å². The van der Waals surface area contributed by atoms with Gasteiger partial charge in [-0.1, -0.05) is 13.8 Å². The highest BCUT2D eigenvalue weighted by Gasteiger charge is 2.15. The van der Waals surface area contributed by atoms with Gasteiger partial charge in [-0.2, -0.15) is 5.10 Å². The Morgan fingerprint density at radius 1 is 1.45 bits per heavy atom. The summed E-state index contributed by atoms with van der Waals surface area (Å²) in [5, 5.41) is 16.3. The van der Waals surface area contributed by atoms with E-state index in [1.807, 2.05) is 13.8 Å². The number of nitrogens with zero attached hydrogens (tertiary/aromatic N) is 5. The lowest BCUT2D eigenvalue weighted by molar-refractivity contribution is 0.0691. The number of anilines is 1. The van der Waals surface area contributed by atoms with Crippen molar-refractivity contribution in [2.45, 2.75) is 26.3 Å². The van der Waals surface area contributed by atoms with Crippen LogP contribution in [0, 0.1) is 0 Å². The number of carbonyl (C=O) groups is 1. The minimum atomic E-state index is -1.09. The fourth-order valence-electron chi connectivity index (χ4n) is 1.61. The molecule has 2 heterocycles. The lowest BCUT2D eigenvalue weighted by Crippen LogP contribution is -2.12. The molecule has 8 nitrogen and oxygen atoms in total. The van der Waals surface area contributed by atoms with Gasteiger partial charge in [0, 0.05) is 13.0 Å². The zero-order valence-corrected chi connectivity index (χ0v) is 11.5. The zero-order chi connectivity index (χ0) is 14.7. The molecule has 0 saturated heterocycles. The summed E-state index contributed by atoms with van der Waals surface area (Å²) < 4.78 is 1.58. The number of carboxylic acid groups (broad SMARTS) is 1. The molecule has 0 saturated carbocycles. The van der Waals surface area contributed by atoms with E-state index >= 15 is 0 Å². The number of aromatic nitrogens is 5. The topological polar surface area (TPSA) is 106 Å². The molecule has 0 unspecified atom stereocenters. The quantitative estimate of drug-likeness (QED) is 0.840. The highest BCUT2D eigenvalue weighted by atomic mass is 16.4. The summed E-state index contributed by atoms with van der Waals surface area (Å²) in [5.74, 6) is 0.0473. The summed E-state index contributed by atoms with van der Waals surface area (Å²) in [6.07, 6.45) is 3.06. The van der Waals surface area contributed by atoms with Gasteiger partial charge in [-0.3, -0.25) is 4.68 Å². The first-order chi connectivity index (χ1) is 9.47. The maximum absolute atomic E-state index is 11.2. The van der Waals surface area contributed by atoms with Gasteiger partial charge in [-0.05, 0) is 0 Å². The maximum Gasteiger partial charge on any atom is 0.356 e. The van der Waals surface area contributed by atoms with Crippen LogP contribution in [-0.2, 0) is 13.6 Å². The van der Waals surface area contributed by atoms with E-state index in [0.717, 1.165) is 0 Å². The summed E-state index contributed by atoms with van der Waals surface area (Å²) in [5.41, 5.74) is 0.314. The molecule has 2 N–H and O–H groups in total. The van der Waals surface area contributed by atoms with Crippen LogP contribution in [0.5, 0.6) is 0 Å². The van der Waals surface area contributed by atoms with Crippen LogP contribution in [0.2, 0.25) is 0 Å². The summed E-state index contributed by atoms with van der Waals surface area (Å²) in [4.78, 5) is 23.5. The van der Waals surface area contributed by atoms with Gasteiger partial charge in [-0.15, -0.1) is 0 Å². The van der Waals surface area contributed by atoms with E-state index in [0.29, 0.717) is 23.9 Å². The minimum Gasteiger partial charge on any atom is -0.476 e. The van der Waals surface area contributed by atoms with Gasteiger partial charge in [0.1, 0.15) is 12.2 Å². The van der Waals surface area contributed by atoms with Crippen LogP contribution in [-0.4, -0.2) is 35.8 Å². The second-order valence-corrected chi connectivity index (χ2v) is 4.64. The average molecular weight is 276 g/mol. The predicted octanol–water partition coefficient (Wildman–Crippen LogP) is 1.04. The van der Waals surface area contributed by atoms with Crippen molar-refractivity contribution in [3.63, 3.8) is 0 Å². The van der Waals surface area contributed by atoms with Crippen molar-refractivity contribution in [2.75, 3.05) is 5.32 Å². The van der Waals surface area contributed by atoms with E-state index in [1.165, 1.54) is 6.20 Å². The van der Waals surface area contributed by atoms with Crippen LogP contribution in [0.1, 0.15) is 41.9 Å². The highest BCUT2D eigenvalue weighted by Crippen LogP contribution is 2.16. The highest BCUT2D eigenvalue weighted by molar-refractivity contribution is 5.91. The molecule has 2 aromatic heterocycles. The summed E-state index contributed by atoms with van der Waals surface area (Å²) in [6.45, 7) is 4.13. The molecule has 0 aliphatic heterocycles. The Bertz CT molecular complexity index is 622. The van der Waals surface area contributed by atoms with Gasteiger partial charge >= 0.3 is 5.97 Å². The fourth-order valence-corrected chi connectivity index (χ4v) is 1.61. The third-order valence-corrected chi connectivity index (χ3v) is 2.61. The fraction of sp³-hybridized carbons (Fsp3) is 0.417. The molecular weight excluding hydrogens is 260 g/mol. The van der Waals surface area contributed by atoms with Crippen LogP contribution in [0.15, 0.2) is 12.5 Å². The van der Waals surface area contributed by atoms with E-state index in [-0.39, 0.29) is 11.6 Å². The third-order valence-electron chi connectivity index (χ3n) is 2.61. The number of aromatic carboxylic acids is 1. The second kappa shape index (κ2) is 5.64. The van der Waals surface area contributed by atoms with Crippen molar-refractivity contribution < 1.29 is 9.90 Å². The van der Waals surface area contributed by atoms with Crippen molar-refractivity contribution >= 4 is 11.7 Å². The van der Waals surface area contributed by atoms with E-state index in [4.69, 9.17) is 0 Å². The minimum absolute atomic E-state index is 0.0420. The average Bonchev–Trinajstić information content (AvgIpc) is 2.81. The molecule has 0 radical (unpaired) electrons. The van der Waals surface area contributed by atoms with E-state index in [9.17, 15) is 9.90 Å². The largest absolute Gasteiger partial charge is 0.476 e. The summed E-state index contributed by atoms with van der Waals surface area (Å²) in [6, 6.07) is 0. The second-order valence-electron chi connectivity index (χ2n) is 4.64. The van der Waals surface area contributed by atoms with Crippen LogP contribution in [0.4, 0.5) is 5.69 Å². The monoisotopic (exact) mass is 276 g/mol. The smallest absolute Gasteiger partial charge is 0.356 e. The molecule has 0 bridgehead atoms. The van der Waals surface area contributed by atoms with Crippen molar-refractivity contribution in [3.05, 3.63) is 29.9 Å². The number of hydrogen-bond donors (Lipinski definition) is 2. The number of carboxylic acids is 1. The van der Waals surface area contributed by atoms with Gasteiger partial charge in [0.15, 0.2) is 11.5 Å². The van der Waals surface area contributed by atoms with Gasteiger partial charge in [-0.25, -0.2) is 19.7 Å². The molecule has 8 heteroatoms. The molecule has 0 aliphatic rings. The van der Waals surface area contributed by atoms with Crippen LogP contribution in [0.25, 0.3) is 0 Å². The lowest BCUT2D eigenvalue weighted by Gasteiger charge is -2.10. The Hall–Kier alpha value is -2.51. The molecule has 2 rings (SSSR count). The SMILES string of the molecule is CC(C)c1ncc(NCc2ncn(C)n2)c(C(=O)O)n1. The Labute approximate surface area is 115 Å². The van der Waals surface area contributed by atoms with E-state index in [2.05, 4.69) is 25.4 Å². The first kappa shape index (κ1) is 13.9. The van der Waals surface area contributed by atoms with Gasteiger partial charge in [0.25, 0.3) is 0 Å². The van der Waals surface area contributed by atoms with Crippen LogP contribution >= 0.6 is 0 Å². The van der Waals surface area contributed by atoms with Crippen LogP contribution in [0.3, 0.4) is 0 Å². The molecule has 106 valence electrons. The Morgan fingerprint density at radius 3 is 2.75 bits per heavy atom. The molecule has 0 amide bonds. The van der Waals surface area contributed by atoms with Crippen molar-refractivity contribution in [3.8, 4) is 0 Å². The van der Waals surface area contributed by atoms with Crippen LogP contribution < -0.4 is 5.32 Å². The number of rotatable bonds is 5. The molecule has 0 spiro atoms. The molecule has 2 aromatic rings. The molecule has 0 atom stereocenters. The molecule has 20 heavy (non-hydrogen) atoms. The summed E-state index contributed by atoms with van der Waals surface area (Å²) in [7, 11) is 1.76. The lowest BCUT2D eigenvalue weighted by atomic mass is 10.2. The standard InChI is InChI=1S/C12H16N6O2/c1-7(2)11-14-4-8(10(16-11)12(19)20)13-5-9-15-6-18(3)17-9/h4,6-7,13H,5H2,1-3H3,(H,19,20). The molecule has 0 aliphatic carbocycles. The molecule has 0 aromatic carbocycles. The first-order valence-electron chi connectivity index (χ1n) is 6.16. The number of aryl methyl sites for hydroxylation is 1.